The maximum Gasteiger partial charge on any atom is 0.336 e. The predicted molar refractivity (Wildman–Crippen MR) is 87.2 cm³/mol. The number of anilines is 1. The van der Waals surface area contributed by atoms with Crippen LogP contribution in [-0.4, -0.2) is 33.1 Å². The molecular formula is C16H21N3O3. The zero-order chi connectivity index (χ0) is 16.1. The first-order chi connectivity index (χ1) is 10.5. The highest BCUT2D eigenvalue weighted by Gasteiger charge is 2.11. The molecule has 6 nitrogen and oxygen atoms in total. The van der Waals surface area contributed by atoms with Gasteiger partial charge in [-0.1, -0.05) is 0 Å². The van der Waals surface area contributed by atoms with Crippen molar-refractivity contribution in [3.8, 4) is 0 Å². The monoisotopic (exact) mass is 303 g/mol. The van der Waals surface area contributed by atoms with E-state index in [1.807, 2.05) is 31.1 Å². The van der Waals surface area contributed by atoms with Crippen LogP contribution in [0.15, 0.2) is 33.5 Å². The molecule has 0 spiro atoms. The van der Waals surface area contributed by atoms with Crippen LogP contribution in [0.1, 0.15) is 12.0 Å². The topological polar surface area (TPSA) is 88.6 Å². The molecule has 1 heterocycles. The molecule has 0 saturated carbocycles. The van der Waals surface area contributed by atoms with E-state index in [2.05, 4.69) is 5.32 Å². The van der Waals surface area contributed by atoms with Crippen molar-refractivity contribution in [3.63, 3.8) is 0 Å². The maximum atomic E-state index is 11.9. The number of amides is 1. The predicted octanol–water partition coefficient (Wildman–Crippen LogP) is 0.867. The van der Waals surface area contributed by atoms with Crippen LogP contribution >= 0.6 is 0 Å². The molecular weight excluding hydrogens is 282 g/mol. The van der Waals surface area contributed by atoms with E-state index in [9.17, 15) is 9.59 Å². The van der Waals surface area contributed by atoms with Gasteiger partial charge in [-0.25, -0.2) is 4.79 Å². The summed E-state index contributed by atoms with van der Waals surface area (Å²) >= 11 is 0. The van der Waals surface area contributed by atoms with Crippen LogP contribution in [0, 0.1) is 0 Å². The summed E-state index contributed by atoms with van der Waals surface area (Å²) in [7, 11) is 3.82. The molecule has 0 radical (unpaired) electrons. The number of rotatable bonds is 6. The van der Waals surface area contributed by atoms with Crippen LogP contribution in [0.4, 0.5) is 5.69 Å². The summed E-state index contributed by atoms with van der Waals surface area (Å²) in [5, 5.41) is 3.56. The molecule has 2 rings (SSSR count). The molecule has 118 valence electrons. The van der Waals surface area contributed by atoms with Crippen molar-refractivity contribution in [1.82, 2.24) is 5.32 Å². The molecule has 0 bridgehead atoms. The molecule has 0 saturated heterocycles. The van der Waals surface area contributed by atoms with E-state index in [0.717, 1.165) is 17.5 Å². The first-order valence-electron chi connectivity index (χ1n) is 7.22. The van der Waals surface area contributed by atoms with Crippen LogP contribution in [0.5, 0.6) is 0 Å². The van der Waals surface area contributed by atoms with Crippen LogP contribution in [0.2, 0.25) is 0 Å². The van der Waals surface area contributed by atoms with Gasteiger partial charge in [0.05, 0.1) is 6.42 Å². The molecule has 1 aromatic carbocycles. The fraction of sp³-hybridized carbons (Fsp3) is 0.375. The summed E-state index contributed by atoms with van der Waals surface area (Å²) in [6, 6.07) is 6.97. The third kappa shape index (κ3) is 3.85. The van der Waals surface area contributed by atoms with E-state index in [1.54, 1.807) is 6.07 Å². The molecule has 0 unspecified atom stereocenters. The molecule has 0 aliphatic rings. The molecule has 1 amide bonds. The van der Waals surface area contributed by atoms with Crippen molar-refractivity contribution in [2.45, 2.75) is 12.8 Å². The average Bonchev–Trinajstić information content (AvgIpc) is 2.46. The van der Waals surface area contributed by atoms with Crippen molar-refractivity contribution in [2.75, 3.05) is 32.1 Å². The minimum atomic E-state index is -0.451. The molecule has 0 atom stereocenters. The fourth-order valence-electron chi connectivity index (χ4n) is 2.21. The second kappa shape index (κ2) is 7.09. The summed E-state index contributed by atoms with van der Waals surface area (Å²) in [5.41, 5.74) is 7.03. The Balaban J connectivity index is 2.29. The van der Waals surface area contributed by atoms with Gasteiger partial charge < -0.3 is 20.4 Å². The SMILES string of the molecule is CN(C)c1ccc2c(CC(=O)NCCCN)cc(=O)oc2c1. The van der Waals surface area contributed by atoms with Gasteiger partial charge in [0.15, 0.2) is 0 Å². The quantitative estimate of drug-likeness (QED) is 0.610. The lowest BCUT2D eigenvalue weighted by Crippen LogP contribution is -2.27. The van der Waals surface area contributed by atoms with E-state index >= 15 is 0 Å². The smallest absolute Gasteiger partial charge is 0.336 e. The first kappa shape index (κ1) is 16.0. The van der Waals surface area contributed by atoms with Crippen molar-refractivity contribution < 1.29 is 9.21 Å². The molecule has 3 N–H and O–H groups in total. The van der Waals surface area contributed by atoms with E-state index in [4.69, 9.17) is 10.2 Å². The number of nitrogens with one attached hydrogen (secondary N) is 1. The minimum absolute atomic E-state index is 0.128. The van der Waals surface area contributed by atoms with E-state index in [0.29, 0.717) is 24.2 Å². The van der Waals surface area contributed by atoms with Crippen molar-refractivity contribution in [2.24, 2.45) is 5.73 Å². The van der Waals surface area contributed by atoms with Gasteiger partial charge in [0.1, 0.15) is 5.58 Å². The molecule has 0 aliphatic heterocycles. The Labute approximate surface area is 128 Å². The summed E-state index contributed by atoms with van der Waals surface area (Å²) < 4.78 is 5.24. The summed E-state index contributed by atoms with van der Waals surface area (Å²) in [6.07, 6.45) is 0.879. The molecule has 2 aromatic rings. The fourth-order valence-corrected chi connectivity index (χ4v) is 2.21. The highest BCUT2D eigenvalue weighted by Crippen LogP contribution is 2.22. The number of fused-ring (bicyclic) bond motifs is 1. The molecule has 1 aromatic heterocycles. The summed E-state index contributed by atoms with van der Waals surface area (Å²) in [6.45, 7) is 1.07. The normalized spacial score (nSPS) is 10.7. The Morgan fingerprint density at radius 2 is 2.09 bits per heavy atom. The Bertz CT molecular complexity index is 722. The zero-order valence-electron chi connectivity index (χ0n) is 12.9. The lowest BCUT2D eigenvalue weighted by Gasteiger charge is -2.13. The Hall–Kier alpha value is -2.34. The Morgan fingerprint density at radius 1 is 1.32 bits per heavy atom. The number of carbonyl (C=O) groups is 1. The Morgan fingerprint density at radius 3 is 2.77 bits per heavy atom. The van der Waals surface area contributed by atoms with E-state index in [1.165, 1.54) is 6.07 Å². The van der Waals surface area contributed by atoms with Crippen molar-refractivity contribution in [1.29, 1.82) is 0 Å². The number of hydrogen-bond acceptors (Lipinski definition) is 5. The standard InChI is InChI=1S/C16H21N3O3/c1-19(2)12-4-5-13-11(8-15(20)18-7-3-6-17)9-16(21)22-14(13)10-12/h4-5,9-10H,3,6-8,17H2,1-2H3,(H,18,20). The van der Waals surface area contributed by atoms with Crippen LogP contribution in [0.25, 0.3) is 11.0 Å². The number of nitrogens with two attached hydrogens (primary N) is 1. The number of hydrogen-bond donors (Lipinski definition) is 2. The molecule has 0 fully saturated rings. The molecule has 0 aliphatic carbocycles. The lowest BCUT2D eigenvalue weighted by atomic mass is 10.1. The second-order valence-corrected chi connectivity index (χ2v) is 5.33. The van der Waals surface area contributed by atoms with Gasteiger partial charge in [-0.15, -0.1) is 0 Å². The minimum Gasteiger partial charge on any atom is -0.423 e. The number of benzene rings is 1. The third-order valence-corrected chi connectivity index (χ3v) is 3.38. The van der Waals surface area contributed by atoms with Crippen LogP contribution in [-0.2, 0) is 11.2 Å². The number of nitrogens with zero attached hydrogens (tertiary/aromatic N) is 1. The zero-order valence-corrected chi connectivity index (χ0v) is 12.9. The van der Waals surface area contributed by atoms with Crippen LogP contribution in [0.3, 0.4) is 0 Å². The average molecular weight is 303 g/mol. The van der Waals surface area contributed by atoms with Crippen molar-refractivity contribution >= 4 is 22.6 Å². The number of carbonyl (C=O) groups excluding carboxylic acids is 1. The van der Waals surface area contributed by atoms with Crippen LogP contribution < -0.4 is 21.6 Å². The largest absolute Gasteiger partial charge is 0.423 e. The van der Waals surface area contributed by atoms with Gasteiger partial charge in [0, 0.05) is 43.8 Å². The van der Waals surface area contributed by atoms with Gasteiger partial charge in [0.2, 0.25) is 5.91 Å². The molecule has 6 heteroatoms. The van der Waals surface area contributed by atoms with Gasteiger partial charge >= 0.3 is 5.63 Å². The van der Waals surface area contributed by atoms with Gasteiger partial charge in [-0.05, 0) is 30.7 Å². The third-order valence-electron chi connectivity index (χ3n) is 3.38. The summed E-state index contributed by atoms with van der Waals surface area (Å²) in [4.78, 5) is 25.5. The first-order valence-corrected chi connectivity index (χ1v) is 7.22. The van der Waals surface area contributed by atoms with Gasteiger partial charge in [0.25, 0.3) is 0 Å². The molecule has 22 heavy (non-hydrogen) atoms. The van der Waals surface area contributed by atoms with Crippen molar-refractivity contribution in [3.05, 3.63) is 40.2 Å². The van der Waals surface area contributed by atoms with E-state index in [-0.39, 0.29) is 12.3 Å². The lowest BCUT2D eigenvalue weighted by molar-refractivity contribution is -0.120. The maximum absolute atomic E-state index is 11.9. The highest BCUT2D eigenvalue weighted by molar-refractivity contribution is 5.88. The highest BCUT2D eigenvalue weighted by atomic mass is 16.4. The van der Waals surface area contributed by atoms with Gasteiger partial charge in [-0.3, -0.25) is 4.79 Å². The second-order valence-electron chi connectivity index (χ2n) is 5.33. The Kier molecular flexibility index (Phi) is 5.16. The van der Waals surface area contributed by atoms with E-state index < -0.39 is 5.63 Å². The van der Waals surface area contributed by atoms with Gasteiger partial charge in [-0.2, -0.15) is 0 Å². The summed E-state index contributed by atoms with van der Waals surface area (Å²) in [5.74, 6) is -0.128.